The smallest absolute Gasteiger partial charge is 0.378 e. The Balaban J connectivity index is 1.39. The average molecular weight is 838 g/mol. The molecule has 1 amide bonds. The number of rotatable bonds is 9. The second-order valence-corrected chi connectivity index (χ2v) is 16.7. The summed E-state index contributed by atoms with van der Waals surface area (Å²) in [4.78, 5) is 18.5. The van der Waals surface area contributed by atoms with E-state index >= 15 is 8.78 Å². The van der Waals surface area contributed by atoms with E-state index in [0.717, 1.165) is 18.4 Å². The predicted molar refractivity (Wildman–Crippen MR) is 194 cm³/mol. The Bertz CT molecular complexity index is 2640. The summed E-state index contributed by atoms with van der Waals surface area (Å²) in [5.74, 6) is -3.94. The second kappa shape index (κ2) is 13.7. The largest absolute Gasteiger partial charge is 0.435 e. The molecule has 1 fully saturated rings. The van der Waals surface area contributed by atoms with Crippen molar-refractivity contribution in [2.75, 3.05) is 11.0 Å². The first-order chi connectivity index (χ1) is 26.4. The van der Waals surface area contributed by atoms with Crippen molar-refractivity contribution in [2.45, 2.75) is 62.9 Å². The number of nitrogens with zero attached hydrogens (tertiary/aromatic N) is 5. The molecule has 7 rings (SSSR count). The van der Waals surface area contributed by atoms with Crippen LogP contribution in [0.4, 0.5) is 36.6 Å². The van der Waals surface area contributed by atoms with Gasteiger partial charge in [0.25, 0.3) is 5.92 Å². The van der Waals surface area contributed by atoms with Gasteiger partial charge in [-0.1, -0.05) is 23.6 Å². The van der Waals surface area contributed by atoms with E-state index < -0.39 is 93.1 Å². The fourth-order valence-corrected chi connectivity index (χ4v) is 7.98. The minimum Gasteiger partial charge on any atom is -0.378 e. The van der Waals surface area contributed by atoms with Crippen LogP contribution < -0.4 is 10.0 Å². The molecule has 0 bridgehead atoms. The van der Waals surface area contributed by atoms with E-state index in [4.69, 9.17) is 11.6 Å². The molecule has 2 aliphatic rings. The van der Waals surface area contributed by atoms with Crippen LogP contribution in [0.5, 0.6) is 0 Å². The van der Waals surface area contributed by atoms with Crippen LogP contribution in [0, 0.1) is 29.4 Å². The molecule has 57 heavy (non-hydrogen) atoms. The number of benzene rings is 2. The van der Waals surface area contributed by atoms with Crippen LogP contribution in [0.3, 0.4) is 0 Å². The second-order valence-electron chi connectivity index (χ2n) is 14.5. The minimum atomic E-state index is -5.08. The molecule has 0 spiro atoms. The van der Waals surface area contributed by atoms with Gasteiger partial charge in [-0.2, -0.15) is 32.1 Å². The number of hydrogen-bond donors (Lipinski definition) is 3. The molecule has 3 N–H and O–H groups in total. The Morgan fingerprint density at radius 3 is 2.39 bits per heavy atom. The number of anilines is 1. The van der Waals surface area contributed by atoms with Crippen LogP contribution in [-0.2, 0) is 46.9 Å². The van der Waals surface area contributed by atoms with Crippen LogP contribution in [0.2, 0.25) is 5.02 Å². The van der Waals surface area contributed by atoms with E-state index in [1.165, 1.54) is 43.8 Å². The lowest BCUT2D eigenvalue weighted by Gasteiger charge is -2.23. The molecular weight excluding hydrogens is 807 g/mol. The first kappa shape index (κ1) is 40.0. The minimum absolute atomic E-state index is 0.00841. The monoisotopic (exact) mass is 837 g/mol. The number of hydrogen-bond acceptors (Lipinski definition) is 7. The molecule has 3 atom stereocenters. The summed E-state index contributed by atoms with van der Waals surface area (Å²) in [5, 5.41) is 20.9. The maximum atomic E-state index is 15.4. The number of amides is 1. The van der Waals surface area contributed by atoms with E-state index in [0.29, 0.717) is 16.3 Å². The molecule has 11 nitrogen and oxygen atoms in total. The van der Waals surface area contributed by atoms with Crippen molar-refractivity contribution in [2.24, 2.45) is 13.0 Å². The number of sulfonamides is 1. The lowest BCUT2D eigenvalue weighted by molar-refractivity contribution is -0.142. The van der Waals surface area contributed by atoms with E-state index in [-0.39, 0.29) is 50.7 Å². The standard InChI is InChI=1S/C37H31ClF7N7O4S/c1-35(2,54)10-9-20-5-6-21(22-7-8-25(38)29-31(22)51(3)49-34(29)50-57(4,55)56)30(46-20)26(13-17-11-18(39)14-19(40)12-17)47-27(53)16-52-33-28(32(48-52)37(43,44)45)23-15-24(23)36(33,41)42/h5-8,11-12,14,23-24,26,54H,13,15-16H2,1-4H3,(H,47,53)(H,49,50)/t23-,24+,26?/m0/s1. The molecule has 2 aromatic carbocycles. The zero-order valence-corrected chi connectivity index (χ0v) is 31.8. The lowest BCUT2D eigenvalue weighted by atomic mass is 9.93. The normalized spacial score (nSPS) is 17.8. The summed E-state index contributed by atoms with van der Waals surface area (Å²) in [6.07, 6.45) is -4.74. The maximum Gasteiger partial charge on any atom is 0.435 e. The van der Waals surface area contributed by atoms with Gasteiger partial charge in [0, 0.05) is 35.7 Å². The Hall–Kier alpha value is -5.19. The summed E-state index contributed by atoms with van der Waals surface area (Å²) in [7, 11) is -2.35. The number of aryl methyl sites for hydroxylation is 1. The highest BCUT2D eigenvalue weighted by atomic mass is 35.5. The third-order valence-electron chi connectivity index (χ3n) is 9.45. The van der Waals surface area contributed by atoms with Crippen LogP contribution in [0.1, 0.15) is 66.1 Å². The van der Waals surface area contributed by atoms with Crippen molar-refractivity contribution < 1.29 is 49.1 Å². The first-order valence-electron chi connectivity index (χ1n) is 17.1. The van der Waals surface area contributed by atoms with E-state index in [2.05, 4.69) is 37.1 Å². The summed E-state index contributed by atoms with van der Waals surface area (Å²) in [6, 6.07) is 7.14. The molecule has 0 radical (unpaired) electrons. The molecule has 2 aliphatic carbocycles. The van der Waals surface area contributed by atoms with Crippen LogP contribution in [0.15, 0.2) is 42.5 Å². The Morgan fingerprint density at radius 2 is 1.75 bits per heavy atom. The number of pyridine rings is 1. The fraction of sp³-hybridized carbons (Fsp3) is 0.351. The van der Waals surface area contributed by atoms with Gasteiger partial charge in [0.2, 0.25) is 15.9 Å². The van der Waals surface area contributed by atoms with Gasteiger partial charge in [-0.25, -0.2) is 22.2 Å². The number of halogens is 8. The molecule has 0 saturated heterocycles. The van der Waals surface area contributed by atoms with Gasteiger partial charge < -0.3 is 10.4 Å². The van der Waals surface area contributed by atoms with Gasteiger partial charge in [0.1, 0.15) is 35.2 Å². The molecule has 20 heteroatoms. The van der Waals surface area contributed by atoms with Gasteiger partial charge in [-0.3, -0.25) is 18.9 Å². The van der Waals surface area contributed by atoms with Gasteiger partial charge >= 0.3 is 6.18 Å². The quantitative estimate of drug-likeness (QED) is 0.112. The Kier molecular flexibility index (Phi) is 9.64. The van der Waals surface area contributed by atoms with Crippen LogP contribution >= 0.6 is 11.6 Å². The van der Waals surface area contributed by atoms with Gasteiger partial charge in [0.05, 0.1) is 33.9 Å². The van der Waals surface area contributed by atoms with E-state index in [1.54, 1.807) is 6.07 Å². The molecule has 1 saturated carbocycles. The van der Waals surface area contributed by atoms with Crippen molar-refractivity contribution in [3.8, 4) is 23.0 Å². The first-order valence-corrected chi connectivity index (χ1v) is 19.4. The molecule has 5 aromatic rings. The molecule has 1 unspecified atom stereocenters. The maximum absolute atomic E-state index is 15.4. The predicted octanol–water partition coefficient (Wildman–Crippen LogP) is 6.59. The highest BCUT2D eigenvalue weighted by molar-refractivity contribution is 7.92. The summed E-state index contributed by atoms with van der Waals surface area (Å²) >= 11 is 6.55. The fourth-order valence-electron chi connectivity index (χ4n) is 7.25. The highest BCUT2D eigenvalue weighted by Gasteiger charge is 2.68. The van der Waals surface area contributed by atoms with Crippen molar-refractivity contribution in [1.82, 2.24) is 29.9 Å². The number of aliphatic hydroxyl groups is 1. The molecule has 0 aliphatic heterocycles. The van der Waals surface area contributed by atoms with Crippen molar-refractivity contribution in [3.05, 3.63) is 93.0 Å². The number of carbonyl (C=O) groups is 1. The number of aromatic nitrogens is 5. The number of nitrogens with one attached hydrogen (secondary N) is 2. The highest BCUT2D eigenvalue weighted by Crippen LogP contribution is 2.68. The van der Waals surface area contributed by atoms with Gasteiger partial charge in [-0.05, 0) is 74.4 Å². The molecule has 300 valence electrons. The van der Waals surface area contributed by atoms with Crippen LogP contribution in [0.25, 0.3) is 22.0 Å². The lowest BCUT2D eigenvalue weighted by Crippen LogP contribution is -2.35. The Labute approximate surface area is 325 Å². The number of alkyl halides is 5. The van der Waals surface area contributed by atoms with Gasteiger partial charge in [0.15, 0.2) is 11.5 Å². The average Bonchev–Trinajstić information content (AvgIpc) is 3.61. The summed E-state index contributed by atoms with van der Waals surface area (Å²) in [6.45, 7) is 1.73. The van der Waals surface area contributed by atoms with Crippen molar-refractivity contribution >= 4 is 44.3 Å². The Morgan fingerprint density at radius 1 is 1.09 bits per heavy atom. The third kappa shape index (κ3) is 7.90. The summed E-state index contributed by atoms with van der Waals surface area (Å²) < 4.78 is 130. The zero-order chi connectivity index (χ0) is 41.6. The number of fused-ring (bicyclic) bond motifs is 4. The van der Waals surface area contributed by atoms with Crippen LogP contribution in [-0.4, -0.2) is 55.8 Å². The molecule has 3 heterocycles. The number of carbonyl (C=O) groups excluding carboxylic acids is 1. The van der Waals surface area contributed by atoms with Gasteiger partial charge in [-0.15, -0.1) is 0 Å². The van der Waals surface area contributed by atoms with Crippen molar-refractivity contribution in [1.29, 1.82) is 0 Å². The zero-order valence-electron chi connectivity index (χ0n) is 30.2. The summed E-state index contributed by atoms with van der Waals surface area (Å²) in [5.41, 5.74) is -3.87. The third-order valence-corrected chi connectivity index (χ3v) is 10.3. The molecule has 3 aromatic heterocycles. The molecular formula is C37H31ClF7N7O4S. The topological polar surface area (TPSA) is 144 Å². The SMILES string of the molecule is Cn1nc(NS(C)(=O)=O)c2c(Cl)ccc(-c3ccc(C#CC(C)(C)O)nc3C(Cc3cc(F)cc(F)c3)NC(=O)Cn3nc(C(F)(F)F)c4c3C(F)(F)[C@@H]3C[C@H]43)c21. The van der Waals surface area contributed by atoms with E-state index in [1.807, 2.05) is 0 Å². The van der Waals surface area contributed by atoms with Crippen molar-refractivity contribution in [3.63, 3.8) is 0 Å². The van der Waals surface area contributed by atoms with E-state index in [9.17, 15) is 40.3 Å².